The Morgan fingerprint density at radius 2 is 2.00 bits per heavy atom. The van der Waals surface area contributed by atoms with E-state index in [4.69, 9.17) is 9.16 Å². The van der Waals surface area contributed by atoms with E-state index < -0.39 is 14.3 Å². The largest absolute Gasteiger partial charge is 0.457 e. The van der Waals surface area contributed by atoms with E-state index in [0.717, 1.165) is 4.91 Å². The molecule has 0 aromatic heterocycles. The number of carbonyl (C=O) groups is 2. The molecule has 5 nitrogen and oxygen atoms in total. The minimum absolute atomic E-state index is 0.00925. The van der Waals surface area contributed by atoms with Crippen LogP contribution in [0.2, 0.25) is 18.1 Å². The van der Waals surface area contributed by atoms with Gasteiger partial charge in [-0.3, -0.25) is 4.79 Å². The Labute approximate surface area is 180 Å². The van der Waals surface area contributed by atoms with Gasteiger partial charge in [0, 0.05) is 16.1 Å². The molecule has 1 aliphatic carbocycles. The number of β-lactam (4-membered cyclic amide) rings is 1. The van der Waals surface area contributed by atoms with E-state index in [9.17, 15) is 9.59 Å². The van der Waals surface area contributed by atoms with E-state index in [1.807, 2.05) is 6.92 Å². The number of carbonyl (C=O) groups excluding carboxylic acids is 2. The first-order valence-corrected chi connectivity index (χ1v) is 14.4. The van der Waals surface area contributed by atoms with Gasteiger partial charge in [0.1, 0.15) is 12.3 Å². The summed E-state index contributed by atoms with van der Waals surface area (Å²) in [6.45, 7) is 19.0. The van der Waals surface area contributed by atoms with E-state index in [0.29, 0.717) is 10.9 Å². The highest BCUT2D eigenvalue weighted by Crippen LogP contribution is 2.54. The minimum atomic E-state index is -1.99. The second-order valence-corrected chi connectivity index (χ2v) is 16.1. The molecule has 0 radical (unpaired) electrons. The second-order valence-electron chi connectivity index (χ2n) is 10.0. The van der Waals surface area contributed by atoms with Crippen molar-refractivity contribution in [1.29, 1.82) is 0 Å². The molecule has 2 fully saturated rings. The lowest BCUT2D eigenvalue weighted by Crippen LogP contribution is -2.65. The SMILES string of the molecule is C=CCOC(=O)C1=C(SC2CC2)[C@H](C)[C@@H]2[C@@H]([C@@H](C)O[Si](C)(C)C(C)(C)C)C(=O)N12. The summed E-state index contributed by atoms with van der Waals surface area (Å²) in [5.74, 6) is -0.504. The molecular weight excluding hydrogens is 402 g/mol. The quantitative estimate of drug-likeness (QED) is 0.238. The summed E-state index contributed by atoms with van der Waals surface area (Å²) in [4.78, 5) is 28.7. The van der Waals surface area contributed by atoms with Crippen molar-refractivity contribution in [2.24, 2.45) is 11.8 Å². The van der Waals surface area contributed by atoms with Crippen molar-refractivity contribution < 1.29 is 18.8 Å². The van der Waals surface area contributed by atoms with Crippen LogP contribution in [0.4, 0.5) is 0 Å². The maximum Gasteiger partial charge on any atom is 0.356 e. The molecule has 4 atom stereocenters. The number of nitrogens with zero attached hydrogens (tertiary/aromatic N) is 1. The zero-order chi connectivity index (χ0) is 21.7. The molecule has 3 rings (SSSR count). The lowest BCUT2D eigenvalue weighted by atomic mass is 9.79. The predicted octanol–water partition coefficient (Wildman–Crippen LogP) is 4.71. The maximum atomic E-state index is 13.2. The molecule has 7 heteroatoms. The number of hydrogen-bond donors (Lipinski definition) is 0. The van der Waals surface area contributed by atoms with Crippen molar-refractivity contribution in [1.82, 2.24) is 4.90 Å². The highest BCUT2D eigenvalue weighted by Gasteiger charge is 2.61. The van der Waals surface area contributed by atoms with Crippen LogP contribution in [0.15, 0.2) is 23.3 Å². The third-order valence-corrected chi connectivity index (χ3v) is 12.9. The fraction of sp³-hybridized carbons (Fsp3) is 0.727. The molecule has 2 heterocycles. The van der Waals surface area contributed by atoms with Crippen molar-refractivity contribution in [2.45, 2.75) is 83.0 Å². The van der Waals surface area contributed by atoms with Crippen LogP contribution in [0.3, 0.4) is 0 Å². The molecular formula is C22H35NO4SSi. The molecule has 0 aromatic carbocycles. The van der Waals surface area contributed by atoms with Gasteiger partial charge in [-0.25, -0.2) is 4.79 Å². The molecule has 2 aliphatic heterocycles. The average molecular weight is 438 g/mol. The summed E-state index contributed by atoms with van der Waals surface area (Å²) in [6, 6.07) is -0.0187. The van der Waals surface area contributed by atoms with Gasteiger partial charge in [-0.2, -0.15) is 0 Å². The summed E-state index contributed by atoms with van der Waals surface area (Å²) in [7, 11) is -1.99. The number of hydrogen-bond acceptors (Lipinski definition) is 5. The number of rotatable bonds is 8. The number of amides is 1. The summed E-state index contributed by atoms with van der Waals surface area (Å²) in [5, 5.41) is 0.641. The summed E-state index contributed by atoms with van der Waals surface area (Å²) in [5.41, 5.74) is 0.460. The Morgan fingerprint density at radius 3 is 2.52 bits per heavy atom. The second kappa shape index (κ2) is 7.89. The highest BCUT2D eigenvalue weighted by molar-refractivity contribution is 8.04. The first kappa shape index (κ1) is 22.6. The number of ether oxygens (including phenoxy) is 1. The van der Waals surface area contributed by atoms with Gasteiger partial charge in [0.15, 0.2) is 8.32 Å². The monoisotopic (exact) mass is 437 g/mol. The van der Waals surface area contributed by atoms with E-state index in [-0.39, 0.29) is 41.5 Å². The Kier molecular flexibility index (Phi) is 6.16. The normalized spacial score (nSPS) is 28.2. The molecule has 0 aromatic rings. The topological polar surface area (TPSA) is 55.8 Å². The smallest absolute Gasteiger partial charge is 0.356 e. The van der Waals surface area contributed by atoms with E-state index in [1.54, 1.807) is 22.7 Å². The molecule has 0 N–H and O–H groups in total. The van der Waals surface area contributed by atoms with Gasteiger partial charge in [0.25, 0.3) is 0 Å². The molecule has 0 spiro atoms. The van der Waals surface area contributed by atoms with E-state index in [2.05, 4.69) is 47.4 Å². The van der Waals surface area contributed by atoms with Gasteiger partial charge in [-0.1, -0.05) is 40.3 Å². The number of thioether (sulfide) groups is 1. The summed E-state index contributed by atoms with van der Waals surface area (Å²) < 4.78 is 11.9. The molecule has 162 valence electrons. The zero-order valence-electron chi connectivity index (χ0n) is 18.8. The van der Waals surface area contributed by atoms with Crippen molar-refractivity contribution in [3.05, 3.63) is 23.3 Å². The Morgan fingerprint density at radius 1 is 1.38 bits per heavy atom. The summed E-state index contributed by atoms with van der Waals surface area (Å²) >= 11 is 1.76. The van der Waals surface area contributed by atoms with Gasteiger partial charge < -0.3 is 14.1 Å². The molecule has 0 bridgehead atoms. The fourth-order valence-corrected chi connectivity index (χ4v) is 6.75. The van der Waals surface area contributed by atoms with Crippen LogP contribution in [0, 0.1) is 11.8 Å². The van der Waals surface area contributed by atoms with Crippen molar-refractivity contribution >= 4 is 32.0 Å². The van der Waals surface area contributed by atoms with E-state index >= 15 is 0 Å². The fourth-order valence-electron chi connectivity index (χ4n) is 3.94. The van der Waals surface area contributed by atoms with Crippen LogP contribution in [-0.4, -0.2) is 49.1 Å². The third-order valence-electron chi connectivity index (χ3n) is 6.72. The molecule has 1 saturated carbocycles. The van der Waals surface area contributed by atoms with Gasteiger partial charge in [0.2, 0.25) is 5.91 Å². The van der Waals surface area contributed by atoms with Crippen LogP contribution in [-0.2, 0) is 18.8 Å². The molecule has 0 unspecified atom stereocenters. The predicted molar refractivity (Wildman–Crippen MR) is 120 cm³/mol. The molecule has 1 saturated heterocycles. The van der Waals surface area contributed by atoms with Gasteiger partial charge in [0.05, 0.1) is 18.1 Å². The molecule has 1 amide bonds. The third kappa shape index (κ3) is 4.10. The number of fused-ring (bicyclic) bond motifs is 1. The highest BCUT2D eigenvalue weighted by atomic mass is 32.2. The van der Waals surface area contributed by atoms with Gasteiger partial charge in [-0.05, 0) is 37.9 Å². The molecule has 3 aliphatic rings. The zero-order valence-corrected chi connectivity index (χ0v) is 20.6. The van der Waals surface area contributed by atoms with E-state index in [1.165, 1.54) is 12.8 Å². The minimum Gasteiger partial charge on any atom is -0.457 e. The lowest BCUT2D eigenvalue weighted by molar-refractivity contribution is -0.163. The lowest BCUT2D eigenvalue weighted by Gasteiger charge is -2.50. The number of esters is 1. The summed E-state index contributed by atoms with van der Waals surface area (Å²) in [6.07, 6.45) is 3.73. The van der Waals surface area contributed by atoms with Gasteiger partial charge in [-0.15, -0.1) is 11.8 Å². The average Bonchev–Trinajstić information content (AvgIpc) is 3.38. The van der Waals surface area contributed by atoms with Crippen molar-refractivity contribution in [3.8, 4) is 0 Å². The van der Waals surface area contributed by atoms with Crippen LogP contribution in [0.25, 0.3) is 0 Å². The standard InChI is InChI=1S/C22H35NO4SSi/c1-9-12-26-21(25)18-19(28-15-10-11-15)13(2)17-16(20(24)23(17)18)14(3)27-29(7,8)22(4,5)6/h9,13-17H,1,10-12H2,2-8H3/t13-,14-,16-,17-/m1/s1. The first-order chi connectivity index (χ1) is 13.4. The molecule has 29 heavy (non-hydrogen) atoms. The van der Waals surface area contributed by atoms with Crippen molar-refractivity contribution in [2.75, 3.05) is 6.61 Å². The van der Waals surface area contributed by atoms with Crippen LogP contribution < -0.4 is 0 Å². The van der Waals surface area contributed by atoms with Crippen LogP contribution in [0.5, 0.6) is 0 Å². The maximum absolute atomic E-state index is 13.2. The Balaban J connectivity index is 1.82. The van der Waals surface area contributed by atoms with Crippen molar-refractivity contribution in [3.63, 3.8) is 0 Å². The van der Waals surface area contributed by atoms with Gasteiger partial charge >= 0.3 is 5.97 Å². The van der Waals surface area contributed by atoms with Crippen LogP contribution in [0.1, 0.15) is 47.5 Å². The Bertz CT molecular complexity index is 738. The van der Waals surface area contributed by atoms with Crippen LogP contribution >= 0.6 is 11.8 Å². The first-order valence-electron chi connectivity index (χ1n) is 10.6. The Hall–Kier alpha value is -1.05.